The first-order chi connectivity index (χ1) is 11.2. The number of hydrogen-bond donors (Lipinski definition) is 0. The molecule has 0 saturated carbocycles. The highest BCUT2D eigenvalue weighted by atomic mass is 14.3. The minimum absolute atomic E-state index is 0.393. The average molecular weight is 300 g/mol. The van der Waals surface area contributed by atoms with E-state index in [1.54, 1.807) is 0 Å². The lowest BCUT2D eigenvalue weighted by Crippen LogP contribution is -2.23. The SMILES string of the molecule is C=C/C=C(\C=C)C1CCc2ccccc2C1c1ccc(C)cc1. The van der Waals surface area contributed by atoms with Gasteiger partial charge >= 0.3 is 0 Å². The Morgan fingerprint density at radius 2 is 1.78 bits per heavy atom. The molecule has 2 aromatic rings. The van der Waals surface area contributed by atoms with Crippen molar-refractivity contribution in [1.82, 2.24) is 0 Å². The van der Waals surface area contributed by atoms with E-state index in [9.17, 15) is 0 Å². The Morgan fingerprint density at radius 3 is 2.48 bits per heavy atom. The first kappa shape index (κ1) is 15.6. The van der Waals surface area contributed by atoms with E-state index in [1.165, 1.54) is 27.8 Å². The van der Waals surface area contributed by atoms with Gasteiger partial charge in [-0.3, -0.25) is 0 Å². The lowest BCUT2D eigenvalue weighted by Gasteiger charge is -2.35. The van der Waals surface area contributed by atoms with Crippen LogP contribution in [0.3, 0.4) is 0 Å². The zero-order valence-corrected chi connectivity index (χ0v) is 13.8. The molecule has 0 spiro atoms. The molecule has 2 atom stereocenters. The van der Waals surface area contributed by atoms with Gasteiger partial charge in [0.2, 0.25) is 0 Å². The van der Waals surface area contributed by atoms with Gasteiger partial charge in [0.1, 0.15) is 0 Å². The second-order valence-electron chi connectivity index (χ2n) is 6.34. The number of rotatable bonds is 4. The fourth-order valence-electron chi connectivity index (χ4n) is 3.78. The summed E-state index contributed by atoms with van der Waals surface area (Å²) >= 11 is 0. The van der Waals surface area contributed by atoms with Crippen molar-refractivity contribution in [3.8, 4) is 0 Å². The Balaban J connectivity index is 2.13. The van der Waals surface area contributed by atoms with Crippen LogP contribution in [0.2, 0.25) is 0 Å². The monoisotopic (exact) mass is 300 g/mol. The summed E-state index contributed by atoms with van der Waals surface area (Å²) in [4.78, 5) is 0. The second kappa shape index (κ2) is 6.83. The Labute approximate surface area is 139 Å². The zero-order valence-electron chi connectivity index (χ0n) is 13.8. The molecule has 0 bridgehead atoms. The summed E-state index contributed by atoms with van der Waals surface area (Å²) in [6, 6.07) is 17.9. The topological polar surface area (TPSA) is 0 Å². The highest BCUT2D eigenvalue weighted by Crippen LogP contribution is 2.44. The molecule has 1 aliphatic carbocycles. The Kier molecular flexibility index (Phi) is 4.62. The second-order valence-corrected chi connectivity index (χ2v) is 6.34. The van der Waals surface area contributed by atoms with Gasteiger partial charge in [0, 0.05) is 5.92 Å². The van der Waals surface area contributed by atoms with Crippen LogP contribution in [0.1, 0.15) is 34.6 Å². The predicted octanol–water partition coefficient (Wildman–Crippen LogP) is 5.99. The van der Waals surface area contributed by atoms with Gasteiger partial charge in [0.15, 0.2) is 0 Å². The Bertz CT molecular complexity index is 731. The lowest BCUT2D eigenvalue weighted by atomic mass is 9.69. The molecule has 0 heteroatoms. The van der Waals surface area contributed by atoms with Gasteiger partial charge in [0.05, 0.1) is 0 Å². The largest absolute Gasteiger partial charge is 0.0991 e. The highest BCUT2D eigenvalue weighted by molar-refractivity contribution is 5.45. The number of hydrogen-bond acceptors (Lipinski definition) is 0. The van der Waals surface area contributed by atoms with Crippen LogP contribution in [0.15, 0.2) is 85.5 Å². The maximum absolute atomic E-state index is 4.04. The molecule has 0 N–H and O–H groups in total. The van der Waals surface area contributed by atoms with Crippen LogP contribution in [0.25, 0.3) is 0 Å². The molecule has 0 radical (unpaired) electrons. The van der Waals surface area contributed by atoms with E-state index >= 15 is 0 Å². The minimum atomic E-state index is 0.393. The van der Waals surface area contributed by atoms with E-state index in [1.807, 2.05) is 12.2 Å². The summed E-state index contributed by atoms with van der Waals surface area (Å²) in [6.07, 6.45) is 8.28. The third kappa shape index (κ3) is 3.07. The average Bonchev–Trinajstić information content (AvgIpc) is 2.60. The van der Waals surface area contributed by atoms with Crippen molar-refractivity contribution in [3.05, 3.63) is 108 Å². The highest BCUT2D eigenvalue weighted by Gasteiger charge is 2.31. The third-order valence-corrected chi connectivity index (χ3v) is 4.93. The van der Waals surface area contributed by atoms with Crippen molar-refractivity contribution in [1.29, 1.82) is 0 Å². The Morgan fingerprint density at radius 1 is 1.04 bits per heavy atom. The maximum Gasteiger partial charge on any atom is 0.0161 e. The van der Waals surface area contributed by atoms with Gasteiger partial charge in [-0.05, 0) is 47.9 Å². The van der Waals surface area contributed by atoms with Crippen molar-refractivity contribution in [3.63, 3.8) is 0 Å². The molecule has 23 heavy (non-hydrogen) atoms. The molecule has 0 aromatic heterocycles. The summed E-state index contributed by atoms with van der Waals surface area (Å²) < 4.78 is 0. The van der Waals surface area contributed by atoms with Gasteiger partial charge in [-0.2, -0.15) is 0 Å². The van der Waals surface area contributed by atoms with Crippen molar-refractivity contribution >= 4 is 0 Å². The van der Waals surface area contributed by atoms with Crippen molar-refractivity contribution < 1.29 is 0 Å². The molecule has 2 aromatic carbocycles. The first-order valence-corrected chi connectivity index (χ1v) is 8.34. The van der Waals surface area contributed by atoms with Crippen molar-refractivity contribution in [2.24, 2.45) is 5.92 Å². The zero-order chi connectivity index (χ0) is 16.2. The smallest absolute Gasteiger partial charge is 0.0161 e. The molecule has 3 rings (SSSR count). The van der Waals surface area contributed by atoms with Crippen LogP contribution in [0, 0.1) is 12.8 Å². The van der Waals surface area contributed by atoms with E-state index in [0.717, 1.165) is 12.8 Å². The molecule has 116 valence electrons. The van der Waals surface area contributed by atoms with Crippen LogP contribution in [0.5, 0.6) is 0 Å². The van der Waals surface area contributed by atoms with E-state index in [0.29, 0.717) is 11.8 Å². The lowest BCUT2D eigenvalue weighted by molar-refractivity contribution is 0.477. The number of fused-ring (bicyclic) bond motifs is 1. The molecule has 1 aliphatic rings. The quantitative estimate of drug-likeness (QED) is 0.609. The van der Waals surface area contributed by atoms with Crippen molar-refractivity contribution in [2.75, 3.05) is 0 Å². The summed E-state index contributed by atoms with van der Waals surface area (Å²) in [6.45, 7) is 10.1. The number of allylic oxidation sites excluding steroid dienone is 4. The van der Waals surface area contributed by atoms with E-state index in [2.05, 4.69) is 74.7 Å². The molecule has 2 unspecified atom stereocenters. The molecular formula is C23H24. The van der Waals surface area contributed by atoms with Crippen LogP contribution in [-0.2, 0) is 6.42 Å². The Hall–Kier alpha value is -2.34. The molecule has 0 amide bonds. The first-order valence-electron chi connectivity index (χ1n) is 8.34. The van der Waals surface area contributed by atoms with Crippen LogP contribution >= 0.6 is 0 Å². The third-order valence-electron chi connectivity index (χ3n) is 4.93. The molecular weight excluding hydrogens is 276 g/mol. The molecule has 0 fully saturated rings. The maximum atomic E-state index is 4.04. The predicted molar refractivity (Wildman–Crippen MR) is 99.8 cm³/mol. The van der Waals surface area contributed by atoms with Crippen LogP contribution in [-0.4, -0.2) is 0 Å². The molecule has 0 saturated heterocycles. The number of aryl methyl sites for hydroxylation is 2. The number of benzene rings is 2. The van der Waals surface area contributed by atoms with Gasteiger partial charge in [-0.15, -0.1) is 0 Å². The van der Waals surface area contributed by atoms with Gasteiger partial charge in [0.25, 0.3) is 0 Å². The summed E-state index contributed by atoms with van der Waals surface area (Å²) in [5.41, 5.74) is 6.94. The normalized spacial score (nSPS) is 20.7. The molecule has 0 heterocycles. The summed E-state index contributed by atoms with van der Waals surface area (Å²) in [5.74, 6) is 0.854. The summed E-state index contributed by atoms with van der Waals surface area (Å²) in [7, 11) is 0. The van der Waals surface area contributed by atoms with Crippen LogP contribution < -0.4 is 0 Å². The van der Waals surface area contributed by atoms with Gasteiger partial charge < -0.3 is 0 Å². The van der Waals surface area contributed by atoms with E-state index in [4.69, 9.17) is 0 Å². The molecule has 0 aliphatic heterocycles. The van der Waals surface area contributed by atoms with E-state index < -0.39 is 0 Å². The van der Waals surface area contributed by atoms with Crippen LogP contribution in [0.4, 0.5) is 0 Å². The fourth-order valence-corrected chi connectivity index (χ4v) is 3.78. The van der Waals surface area contributed by atoms with Gasteiger partial charge in [-0.25, -0.2) is 0 Å². The standard InChI is InChI=1S/C23H24/c1-4-8-18(5-2)22-16-15-19-9-6-7-10-21(19)23(22)20-13-11-17(3)12-14-20/h4-14,22-23H,1-2,15-16H2,3H3/b18-8+. The minimum Gasteiger partial charge on any atom is -0.0991 e. The molecule has 0 nitrogen and oxygen atoms in total. The van der Waals surface area contributed by atoms with E-state index in [-0.39, 0.29) is 0 Å². The van der Waals surface area contributed by atoms with Crippen molar-refractivity contribution in [2.45, 2.75) is 25.7 Å². The fraction of sp³-hybridized carbons (Fsp3) is 0.217. The van der Waals surface area contributed by atoms with Gasteiger partial charge in [-0.1, -0.05) is 85.5 Å². The summed E-state index contributed by atoms with van der Waals surface area (Å²) in [5, 5.41) is 0.